The number of ether oxygens (including phenoxy) is 1. The summed E-state index contributed by atoms with van der Waals surface area (Å²) in [5.41, 5.74) is 0.635. The Labute approximate surface area is 215 Å². The summed E-state index contributed by atoms with van der Waals surface area (Å²) >= 11 is 0. The predicted molar refractivity (Wildman–Crippen MR) is 133 cm³/mol. The number of aromatic nitrogens is 1. The highest BCUT2D eigenvalue weighted by molar-refractivity contribution is 5.63. The molecule has 5 nitrogen and oxygen atoms in total. The summed E-state index contributed by atoms with van der Waals surface area (Å²) in [4.78, 5) is 8.39. The lowest BCUT2D eigenvalue weighted by atomic mass is 9.67. The first-order valence-electron chi connectivity index (χ1n) is 13.3. The summed E-state index contributed by atoms with van der Waals surface area (Å²) in [6, 6.07) is 8.80. The first-order chi connectivity index (χ1) is 17.7. The third-order valence-electron chi connectivity index (χ3n) is 8.38. The van der Waals surface area contributed by atoms with Crippen molar-refractivity contribution in [2.24, 2.45) is 11.3 Å². The number of piperidine rings is 1. The number of halogens is 4. The maximum absolute atomic E-state index is 14.7. The van der Waals surface area contributed by atoms with Crippen LogP contribution in [0.25, 0.3) is 11.1 Å². The van der Waals surface area contributed by atoms with Crippen molar-refractivity contribution in [1.29, 1.82) is 0 Å². The van der Waals surface area contributed by atoms with Gasteiger partial charge >= 0.3 is 6.18 Å². The number of β-amino-alcohol motifs (C(OH)–C–C–N with tert-alkyl or cyclic N) is 1. The van der Waals surface area contributed by atoms with E-state index < -0.39 is 11.6 Å². The highest BCUT2D eigenvalue weighted by Crippen LogP contribution is 2.53. The summed E-state index contributed by atoms with van der Waals surface area (Å²) < 4.78 is 61.0. The molecule has 0 bridgehead atoms. The molecule has 3 heterocycles. The van der Waals surface area contributed by atoms with E-state index in [0.717, 1.165) is 36.9 Å². The van der Waals surface area contributed by atoms with Gasteiger partial charge in [0.1, 0.15) is 5.82 Å². The van der Waals surface area contributed by atoms with E-state index in [1.54, 1.807) is 18.3 Å². The molecule has 5 rings (SSSR count). The van der Waals surface area contributed by atoms with Gasteiger partial charge in [-0.25, -0.2) is 9.37 Å². The smallest absolute Gasteiger partial charge is 0.395 e. The van der Waals surface area contributed by atoms with E-state index in [0.29, 0.717) is 56.6 Å². The molecule has 1 saturated carbocycles. The molecule has 1 aliphatic carbocycles. The molecule has 2 aliphatic heterocycles. The predicted octanol–water partition coefficient (Wildman–Crippen LogP) is 5.28. The van der Waals surface area contributed by atoms with E-state index >= 15 is 0 Å². The van der Waals surface area contributed by atoms with E-state index in [9.17, 15) is 22.7 Å². The Balaban J connectivity index is 1.08. The molecule has 3 aliphatic rings. The number of nitrogens with zero attached hydrogens (tertiary/aromatic N) is 3. The van der Waals surface area contributed by atoms with Gasteiger partial charge in [0, 0.05) is 49.6 Å². The SMILES string of the molecule is O[C@H]1CCN(Cc2ccc(-c3ccc(OCC4CCN(CC5(C(F)(F)F)CCC5)CC4)nc3)cc2F)C1. The molecule has 1 aromatic heterocycles. The fourth-order valence-corrected chi connectivity index (χ4v) is 5.77. The van der Waals surface area contributed by atoms with Gasteiger partial charge in [-0.3, -0.25) is 4.90 Å². The molecule has 1 atom stereocenters. The molecule has 9 heteroatoms. The quantitative estimate of drug-likeness (QED) is 0.479. The topological polar surface area (TPSA) is 48.8 Å². The molecule has 1 aromatic carbocycles. The van der Waals surface area contributed by atoms with Gasteiger partial charge in [-0.05, 0) is 68.8 Å². The van der Waals surface area contributed by atoms with Gasteiger partial charge in [0.25, 0.3) is 0 Å². The van der Waals surface area contributed by atoms with E-state index in [2.05, 4.69) is 4.98 Å². The highest BCUT2D eigenvalue weighted by Gasteiger charge is 2.58. The molecule has 1 N–H and O–H groups in total. The van der Waals surface area contributed by atoms with Crippen molar-refractivity contribution in [2.45, 2.75) is 57.3 Å². The van der Waals surface area contributed by atoms with Crippen molar-refractivity contribution in [2.75, 3.05) is 39.3 Å². The maximum atomic E-state index is 14.7. The number of likely N-dealkylation sites (tertiary alicyclic amines) is 2. The molecular formula is C28H35F4N3O2. The molecule has 0 amide bonds. The Kier molecular flexibility index (Phi) is 7.75. The summed E-state index contributed by atoms with van der Waals surface area (Å²) in [6.45, 7) is 3.76. The van der Waals surface area contributed by atoms with Gasteiger partial charge in [0.2, 0.25) is 5.88 Å². The Hall–Kier alpha value is -2.23. The fraction of sp³-hybridized carbons (Fsp3) is 0.607. The number of hydrogen-bond donors (Lipinski definition) is 1. The van der Waals surface area contributed by atoms with Crippen molar-refractivity contribution in [3.63, 3.8) is 0 Å². The van der Waals surface area contributed by atoms with E-state index in [4.69, 9.17) is 4.74 Å². The number of rotatable bonds is 8. The van der Waals surface area contributed by atoms with Crippen molar-refractivity contribution in [1.82, 2.24) is 14.8 Å². The summed E-state index contributed by atoms with van der Waals surface area (Å²) in [6.07, 6.45) is 0.741. The van der Waals surface area contributed by atoms with Gasteiger partial charge < -0.3 is 14.7 Å². The normalized spacial score (nSPS) is 23.2. The van der Waals surface area contributed by atoms with Crippen LogP contribution in [0.15, 0.2) is 36.5 Å². The highest BCUT2D eigenvalue weighted by atomic mass is 19.4. The van der Waals surface area contributed by atoms with Crippen LogP contribution in [0.3, 0.4) is 0 Å². The molecule has 2 saturated heterocycles. The number of benzene rings is 1. The second-order valence-electron chi connectivity index (χ2n) is 11.0. The summed E-state index contributed by atoms with van der Waals surface area (Å²) in [7, 11) is 0. The Morgan fingerprint density at radius 3 is 2.30 bits per heavy atom. The van der Waals surface area contributed by atoms with Crippen LogP contribution in [0.1, 0.15) is 44.1 Å². The monoisotopic (exact) mass is 521 g/mol. The molecule has 0 radical (unpaired) electrons. The molecular weight excluding hydrogens is 486 g/mol. The van der Waals surface area contributed by atoms with Gasteiger partial charge in [-0.2, -0.15) is 13.2 Å². The van der Waals surface area contributed by atoms with Crippen LogP contribution in [-0.2, 0) is 6.54 Å². The number of hydrogen-bond acceptors (Lipinski definition) is 5. The molecule has 0 unspecified atom stereocenters. The van der Waals surface area contributed by atoms with Gasteiger partial charge in [-0.15, -0.1) is 0 Å². The van der Waals surface area contributed by atoms with Crippen LogP contribution in [0.4, 0.5) is 17.6 Å². The average molecular weight is 522 g/mol. The zero-order valence-electron chi connectivity index (χ0n) is 21.0. The van der Waals surface area contributed by atoms with Crippen molar-refractivity contribution in [3.8, 4) is 17.0 Å². The molecule has 3 fully saturated rings. The lowest BCUT2D eigenvalue weighted by molar-refractivity contribution is -0.256. The standard InChI is InChI=1S/C28H35F4N3O2/c29-25-14-21(2-3-23(25)16-35-13-8-24(36)17-35)22-4-5-26(33-15-22)37-18-20-6-11-34(12-7-20)19-27(9-1-10-27)28(30,31)32/h2-5,14-15,20,24,36H,1,6-13,16-19H2/t24-/m0/s1. The van der Waals surface area contributed by atoms with Gasteiger partial charge in [0.05, 0.1) is 18.1 Å². The van der Waals surface area contributed by atoms with Crippen LogP contribution in [0.2, 0.25) is 0 Å². The van der Waals surface area contributed by atoms with Crippen molar-refractivity contribution >= 4 is 0 Å². The third-order valence-corrected chi connectivity index (χ3v) is 8.38. The first kappa shape index (κ1) is 26.4. The zero-order valence-corrected chi connectivity index (χ0v) is 21.0. The minimum Gasteiger partial charge on any atom is -0.477 e. The summed E-state index contributed by atoms with van der Waals surface area (Å²) in [5, 5.41) is 9.67. The van der Waals surface area contributed by atoms with E-state index in [1.165, 1.54) is 6.07 Å². The van der Waals surface area contributed by atoms with E-state index in [1.807, 2.05) is 21.9 Å². The number of aliphatic hydroxyl groups excluding tert-OH is 1. The van der Waals surface area contributed by atoms with E-state index in [-0.39, 0.29) is 31.3 Å². The Bertz CT molecular complexity index is 1050. The van der Waals surface area contributed by atoms with Crippen LogP contribution in [0.5, 0.6) is 5.88 Å². The van der Waals surface area contributed by atoms with Gasteiger partial charge in [-0.1, -0.05) is 18.6 Å². The third kappa shape index (κ3) is 6.10. The Morgan fingerprint density at radius 2 is 1.73 bits per heavy atom. The van der Waals surface area contributed by atoms with Gasteiger partial charge in [0.15, 0.2) is 0 Å². The Morgan fingerprint density at radius 1 is 1.00 bits per heavy atom. The second kappa shape index (κ2) is 10.9. The molecule has 2 aromatic rings. The van der Waals surface area contributed by atoms with Crippen LogP contribution >= 0.6 is 0 Å². The maximum Gasteiger partial charge on any atom is 0.395 e. The van der Waals surface area contributed by atoms with Crippen LogP contribution < -0.4 is 4.74 Å². The fourth-order valence-electron chi connectivity index (χ4n) is 5.77. The molecule has 202 valence electrons. The largest absolute Gasteiger partial charge is 0.477 e. The molecule has 37 heavy (non-hydrogen) atoms. The number of aliphatic hydroxyl groups is 1. The first-order valence-corrected chi connectivity index (χ1v) is 13.3. The lowest BCUT2D eigenvalue weighted by Gasteiger charge is -2.47. The van der Waals surface area contributed by atoms with Crippen LogP contribution in [-0.4, -0.2) is 71.5 Å². The minimum atomic E-state index is -4.12. The minimum absolute atomic E-state index is 0.121. The van der Waals surface area contributed by atoms with Crippen LogP contribution in [0, 0.1) is 17.2 Å². The van der Waals surface area contributed by atoms with Crippen molar-refractivity contribution in [3.05, 3.63) is 47.9 Å². The lowest BCUT2D eigenvalue weighted by Crippen LogP contribution is -2.53. The zero-order chi connectivity index (χ0) is 26.0. The second-order valence-corrected chi connectivity index (χ2v) is 11.0. The number of pyridine rings is 1. The van der Waals surface area contributed by atoms with Crippen molar-refractivity contribution < 1.29 is 27.4 Å². The molecule has 0 spiro atoms. The average Bonchev–Trinajstić information content (AvgIpc) is 3.26. The number of alkyl halides is 3. The summed E-state index contributed by atoms with van der Waals surface area (Å²) in [5.74, 6) is 0.504.